The molecule has 3 heterocycles. The van der Waals surface area contributed by atoms with E-state index in [0.717, 1.165) is 52.1 Å². The lowest BCUT2D eigenvalue weighted by atomic mass is 10.2. The topological polar surface area (TPSA) is 55.9 Å². The van der Waals surface area contributed by atoms with Gasteiger partial charge in [0.1, 0.15) is 0 Å². The molecule has 0 aromatic heterocycles. The van der Waals surface area contributed by atoms with Crippen LogP contribution in [0.2, 0.25) is 0 Å². The molecule has 21 heavy (non-hydrogen) atoms. The number of piperazine rings is 1. The molecule has 3 fully saturated rings. The van der Waals surface area contributed by atoms with E-state index in [2.05, 4.69) is 15.1 Å². The summed E-state index contributed by atoms with van der Waals surface area (Å²) in [5.74, 6) is 0.278. The molecular weight excluding hydrogens is 288 g/mol. The van der Waals surface area contributed by atoms with E-state index in [-0.39, 0.29) is 5.75 Å². The smallest absolute Gasteiger partial charge is 0.215 e. The maximum Gasteiger partial charge on any atom is 0.215 e. The Kier molecular flexibility index (Phi) is 5.16. The van der Waals surface area contributed by atoms with Crippen LogP contribution in [-0.4, -0.2) is 93.2 Å². The van der Waals surface area contributed by atoms with E-state index >= 15 is 0 Å². The Morgan fingerprint density at radius 3 is 2.57 bits per heavy atom. The lowest BCUT2D eigenvalue weighted by Crippen LogP contribution is -2.47. The minimum atomic E-state index is -3.10. The first-order valence-corrected chi connectivity index (χ1v) is 9.91. The van der Waals surface area contributed by atoms with Crippen molar-refractivity contribution in [3.63, 3.8) is 0 Å². The fraction of sp³-hybridized carbons (Fsp3) is 1.00. The summed E-state index contributed by atoms with van der Waals surface area (Å²) in [6, 6.07) is 0.460. The van der Waals surface area contributed by atoms with Gasteiger partial charge in [0.2, 0.25) is 10.0 Å². The molecule has 0 aromatic rings. The molecule has 3 rings (SSSR count). The van der Waals surface area contributed by atoms with Crippen LogP contribution in [0.25, 0.3) is 0 Å². The minimum absolute atomic E-state index is 0.278. The quantitative estimate of drug-likeness (QED) is 0.750. The third kappa shape index (κ3) is 3.96. The van der Waals surface area contributed by atoms with Crippen molar-refractivity contribution in [3.05, 3.63) is 0 Å². The van der Waals surface area contributed by atoms with Gasteiger partial charge in [-0.3, -0.25) is 9.80 Å². The number of hydrogen-bond acceptors (Lipinski definition) is 5. The summed E-state index contributed by atoms with van der Waals surface area (Å²) in [5, 5.41) is 3.30. The van der Waals surface area contributed by atoms with E-state index in [1.165, 1.54) is 6.42 Å². The Labute approximate surface area is 128 Å². The summed E-state index contributed by atoms with van der Waals surface area (Å²) < 4.78 is 27.0. The molecule has 3 aliphatic heterocycles. The Morgan fingerprint density at radius 2 is 1.76 bits per heavy atom. The van der Waals surface area contributed by atoms with Crippen LogP contribution in [0.15, 0.2) is 0 Å². The molecule has 1 N–H and O–H groups in total. The normalized spacial score (nSPS) is 30.2. The molecule has 122 valence electrons. The fourth-order valence-corrected chi connectivity index (χ4v) is 5.29. The summed E-state index contributed by atoms with van der Waals surface area (Å²) in [6.45, 7) is 8.18. The van der Waals surface area contributed by atoms with Crippen LogP contribution in [0.1, 0.15) is 19.3 Å². The highest BCUT2D eigenvalue weighted by atomic mass is 32.2. The van der Waals surface area contributed by atoms with Crippen LogP contribution in [0, 0.1) is 0 Å². The zero-order valence-electron chi connectivity index (χ0n) is 12.8. The predicted octanol–water partition coefficient (Wildman–Crippen LogP) is -0.608. The van der Waals surface area contributed by atoms with Gasteiger partial charge in [-0.05, 0) is 32.4 Å². The molecule has 0 aliphatic carbocycles. The average Bonchev–Trinajstić information content (AvgIpc) is 2.83. The van der Waals surface area contributed by atoms with Crippen molar-refractivity contribution in [1.29, 1.82) is 0 Å². The van der Waals surface area contributed by atoms with Gasteiger partial charge in [-0.25, -0.2) is 12.7 Å². The Bertz CT molecular complexity index is 436. The van der Waals surface area contributed by atoms with Crippen molar-refractivity contribution in [2.75, 3.05) is 64.7 Å². The molecule has 0 spiro atoms. The van der Waals surface area contributed by atoms with Crippen LogP contribution in [0.5, 0.6) is 0 Å². The van der Waals surface area contributed by atoms with Gasteiger partial charge in [0, 0.05) is 51.9 Å². The SMILES string of the molecule is O=S(=O)(CCN1CCNCC1)N1CCCN2CCCC2C1. The van der Waals surface area contributed by atoms with E-state index < -0.39 is 10.0 Å². The van der Waals surface area contributed by atoms with Gasteiger partial charge in [-0.15, -0.1) is 0 Å². The maximum absolute atomic E-state index is 12.6. The summed E-state index contributed by atoms with van der Waals surface area (Å²) in [5.41, 5.74) is 0. The lowest BCUT2D eigenvalue weighted by Gasteiger charge is -2.29. The molecule has 7 heteroatoms. The highest BCUT2D eigenvalue weighted by molar-refractivity contribution is 7.89. The first-order chi connectivity index (χ1) is 10.1. The molecule has 0 radical (unpaired) electrons. The zero-order valence-corrected chi connectivity index (χ0v) is 13.7. The van der Waals surface area contributed by atoms with Crippen molar-refractivity contribution in [2.24, 2.45) is 0 Å². The molecule has 3 saturated heterocycles. The molecular formula is C14H28N4O2S. The largest absolute Gasteiger partial charge is 0.314 e. The number of rotatable bonds is 4. The number of hydrogen-bond donors (Lipinski definition) is 1. The van der Waals surface area contributed by atoms with Gasteiger partial charge in [-0.1, -0.05) is 0 Å². The van der Waals surface area contributed by atoms with Gasteiger partial charge in [0.25, 0.3) is 0 Å². The molecule has 0 amide bonds. The highest BCUT2D eigenvalue weighted by Crippen LogP contribution is 2.22. The van der Waals surface area contributed by atoms with Gasteiger partial charge in [-0.2, -0.15) is 0 Å². The van der Waals surface area contributed by atoms with Crippen molar-refractivity contribution >= 4 is 10.0 Å². The van der Waals surface area contributed by atoms with Crippen molar-refractivity contribution in [3.8, 4) is 0 Å². The first kappa shape index (κ1) is 15.7. The average molecular weight is 316 g/mol. The van der Waals surface area contributed by atoms with Crippen LogP contribution >= 0.6 is 0 Å². The van der Waals surface area contributed by atoms with Gasteiger partial charge >= 0.3 is 0 Å². The third-order valence-corrected chi connectivity index (χ3v) is 6.85. The number of fused-ring (bicyclic) bond motifs is 1. The molecule has 0 saturated carbocycles. The second-order valence-corrected chi connectivity index (χ2v) is 8.54. The van der Waals surface area contributed by atoms with E-state index in [9.17, 15) is 8.42 Å². The molecule has 6 nitrogen and oxygen atoms in total. The first-order valence-electron chi connectivity index (χ1n) is 8.30. The summed E-state index contributed by atoms with van der Waals surface area (Å²) in [7, 11) is -3.10. The van der Waals surface area contributed by atoms with Gasteiger partial charge in [0.05, 0.1) is 5.75 Å². The van der Waals surface area contributed by atoms with Gasteiger partial charge < -0.3 is 5.32 Å². The van der Waals surface area contributed by atoms with Crippen molar-refractivity contribution < 1.29 is 8.42 Å². The standard InChI is InChI=1S/C14H28N4O2S/c19-21(20,12-11-16-9-4-15-5-10-16)18-8-2-7-17-6-1-3-14(17)13-18/h14-15H,1-13H2. The highest BCUT2D eigenvalue weighted by Gasteiger charge is 2.33. The third-order valence-electron chi connectivity index (χ3n) is 5.03. The van der Waals surface area contributed by atoms with Crippen molar-refractivity contribution in [1.82, 2.24) is 19.4 Å². The number of nitrogens with zero attached hydrogens (tertiary/aromatic N) is 3. The molecule has 0 aromatic carbocycles. The Balaban J connectivity index is 1.55. The van der Waals surface area contributed by atoms with Crippen molar-refractivity contribution in [2.45, 2.75) is 25.3 Å². The fourth-order valence-electron chi connectivity index (χ4n) is 3.73. The minimum Gasteiger partial charge on any atom is -0.314 e. The van der Waals surface area contributed by atoms with Crippen LogP contribution in [-0.2, 0) is 10.0 Å². The Morgan fingerprint density at radius 1 is 1.00 bits per heavy atom. The number of sulfonamides is 1. The van der Waals surface area contributed by atoms with Crippen LogP contribution in [0.4, 0.5) is 0 Å². The lowest BCUT2D eigenvalue weighted by molar-refractivity contribution is 0.248. The second-order valence-electron chi connectivity index (χ2n) is 6.45. The van der Waals surface area contributed by atoms with E-state index in [1.54, 1.807) is 4.31 Å². The Hall–Kier alpha value is -0.210. The van der Waals surface area contributed by atoms with E-state index in [4.69, 9.17) is 0 Å². The molecule has 0 bridgehead atoms. The molecule has 3 aliphatic rings. The monoisotopic (exact) mass is 316 g/mol. The van der Waals surface area contributed by atoms with E-state index in [0.29, 0.717) is 25.7 Å². The van der Waals surface area contributed by atoms with Gasteiger partial charge in [0.15, 0.2) is 0 Å². The predicted molar refractivity (Wildman–Crippen MR) is 83.9 cm³/mol. The number of nitrogens with one attached hydrogen (secondary N) is 1. The molecule has 1 unspecified atom stereocenters. The summed E-state index contributed by atoms with van der Waals surface area (Å²) in [4.78, 5) is 4.74. The van der Waals surface area contributed by atoms with E-state index in [1.807, 2.05) is 0 Å². The maximum atomic E-state index is 12.6. The second kappa shape index (κ2) is 6.91. The zero-order chi connectivity index (χ0) is 14.7. The summed E-state index contributed by atoms with van der Waals surface area (Å²) >= 11 is 0. The van der Waals surface area contributed by atoms with Crippen LogP contribution in [0.3, 0.4) is 0 Å². The summed E-state index contributed by atoms with van der Waals surface area (Å²) in [6.07, 6.45) is 3.35. The van der Waals surface area contributed by atoms with Crippen LogP contribution < -0.4 is 5.32 Å². The molecule has 1 atom stereocenters.